The second-order valence-electron chi connectivity index (χ2n) is 6.99. The standard InChI is InChI=1S/C22H28N2O5/c1-3-28-19-6-5-17(13-20(19)29-4-2)21(25)23-14-16-7-10-24(11-8-16)22(26)18-9-12-27-15-18/h5-6,9,12-13,15-16H,3-4,7-8,10-11,14H2,1-2H3,(H,23,25). The highest BCUT2D eigenvalue weighted by Crippen LogP contribution is 2.28. The number of hydrogen-bond acceptors (Lipinski definition) is 5. The Kier molecular flexibility index (Phi) is 7.16. The molecule has 1 N–H and O–H groups in total. The van der Waals surface area contributed by atoms with Crippen LogP contribution in [0.1, 0.15) is 47.4 Å². The second kappa shape index (κ2) is 10.0. The van der Waals surface area contributed by atoms with Crippen molar-refractivity contribution in [2.75, 3.05) is 32.8 Å². The molecule has 29 heavy (non-hydrogen) atoms. The van der Waals surface area contributed by atoms with Gasteiger partial charge in [0.1, 0.15) is 6.26 Å². The van der Waals surface area contributed by atoms with Crippen molar-refractivity contribution in [3.05, 3.63) is 47.9 Å². The van der Waals surface area contributed by atoms with E-state index in [2.05, 4.69) is 5.32 Å². The van der Waals surface area contributed by atoms with Crippen LogP contribution in [0.15, 0.2) is 41.2 Å². The van der Waals surface area contributed by atoms with Gasteiger partial charge in [0.25, 0.3) is 11.8 Å². The van der Waals surface area contributed by atoms with Crippen molar-refractivity contribution in [3.8, 4) is 11.5 Å². The number of ether oxygens (including phenoxy) is 2. The minimum Gasteiger partial charge on any atom is -0.490 e. The van der Waals surface area contributed by atoms with Crippen molar-refractivity contribution in [2.45, 2.75) is 26.7 Å². The monoisotopic (exact) mass is 400 g/mol. The number of furan rings is 1. The predicted octanol–water partition coefficient (Wildman–Crippen LogP) is 3.36. The molecule has 1 fully saturated rings. The lowest BCUT2D eigenvalue weighted by molar-refractivity contribution is 0.0683. The highest BCUT2D eigenvalue weighted by Gasteiger charge is 2.24. The van der Waals surface area contributed by atoms with Gasteiger partial charge in [-0.2, -0.15) is 0 Å². The molecule has 2 heterocycles. The van der Waals surface area contributed by atoms with Crippen LogP contribution in [-0.4, -0.2) is 49.6 Å². The molecule has 2 aromatic rings. The SMILES string of the molecule is CCOc1ccc(C(=O)NCC2CCN(C(=O)c3ccoc3)CC2)cc1OCC. The highest BCUT2D eigenvalue weighted by atomic mass is 16.5. The second-order valence-corrected chi connectivity index (χ2v) is 6.99. The molecule has 7 nitrogen and oxygen atoms in total. The Morgan fingerprint density at radius 1 is 1.07 bits per heavy atom. The normalized spacial score (nSPS) is 14.5. The van der Waals surface area contributed by atoms with Gasteiger partial charge in [-0.3, -0.25) is 9.59 Å². The highest BCUT2D eigenvalue weighted by molar-refractivity contribution is 5.95. The van der Waals surface area contributed by atoms with Crippen LogP contribution in [0.4, 0.5) is 0 Å². The molecule has 1 aromatic heterocycles. The molecule has 1 saturated heterocycles. The number of benzene rings is 1. The van der Waals surface area contributed by atoms with Gasteiger partial charge in [-0.25, -0.2) is 0 Å². The molecule has 1 aliphatic rings. The van der Waals surface area contributed by atoms with Crippen LogP contribution in [0, 0.1) is 5.92 Å². The fraction of sp³-hybridized carbons (Fsp3) is 0.455. The third kappa shape index (κ3) is 5.31. The molecule has 0 atom stereocenters. The number of nitrogens with zero attached hydrogens (tertiary/aromatic N) is 1. The number of piperidine rings is 1. The number of hydrogen-bond donors (Lipinski definition) is 1. The molecular formula is C22H28N2O5. The van der Waals surface area contributed by atoms with Gasteiger partial charge in [0.15, 0.2) is 11.5 Å². The summed E-state index contributed by atoms with van der Waals surface area (Å²) < 4.78 is 16.1. The maximum atomic E-state index is 12.6. The molecule has 0 spiro atoms. The van der Waals surface area contributed by atoms with E-state index in [-0.39, 0.29) is 11.8 Å². The first-order valence-electron chi connectivity index (χ1n) is 10.1. The summed E-state index contributed by atoms with van der Waals surface area (Å²) in [4.78, 5) is 26.7. The van der Waals surface area contributed by atoms with Gasteiger partial charge in [0.2, 0.25) is 0 Å². The summed E-state index contributed by atoms with van der Waals surface area (Å²) in [6, 6.07) is 6.91. The van der Waals surface area contributed by atoms with Crippen LogP contribution in [-0.2, 0) is 0 Å². The maximum absolute atomic E-state index is 12.6. The zero-order valence-corrected chi connectivity index (χ0v) is 17.0. The van der Waals surface area contributed by atoms with Crippen molar-refractivity contribution in [1.29, 1.82) is 0 Å². The number of carbonyl (C=O) groups excluding carboxylic acids is 2. The lowest BCUT2D eigenvalue weighted by atomic mass is 9.96. The van der Waals surface area contributed by atoms with Crippen molar-refractivity contribution >= 4 is 11.8 Å². The molecular weight excluding hydrogens is 372 g/mol. The van der Waals surface area contributed by atoms with E-state index in [9.17, 15) is 9.59 Å². The number of amides is 2. The third-order valence-electron chi connectivity index (χ3n) is 5.03. The number of nitrogens with one attached hydrogen (secondary N) is 1. The van der Waals surface area contributed by atoms with E-state index in [1.54, 1.807) is 24.3 Å². The molecule has 1 aromatic carbocycles. The van der Waals surface area contributed by atoms with Crippen LogP contribution in [0.25, 0.3) is 0 Å². The lowest BCUT2D eigenvalue weighted by Crippen LogP contribution is -2.41. The van der Waals surface area contributed by atoms with Crippen molar-refractivity contribution in [1.82, 2.24) is 10.2 Å². The van der Waals surface area contributed by atoms with Crippen LogP contribution >= 0.6 is 0 Å². The molecule has 0 aliphatic carbocycles. The molecule has 0 saturated carbocycles. The largest absolute Gasteiger partial charge is 0.490 e. The first kappa shape index (κ1) is 20.8. The molecule has 2 amide bonds. The van der Waals surface area contributed by atoms with Crippen molar-refractivity contribution < 1.29 is 23.5 Å². The summed E-state index contributed by atoms with van der Waals surface area (Å²) in [7, 11) is 0. The van der Waals surface area contributed by atoms with Crippen LogP contribution < -0.4 is 14.8 Å². The smallest absolute Gasteiger partial charge is 0.257 e. The molecule has 0 radical (unpaired) electrons. The zero-order valence-electron chi connectivity index (χ0n) is 17.0. The zero-order chi connectivity index (χ0) is 20.6. The third-order valence-corrected chi connectivity index (χ3v) is 5.03. The van der Waals surface area contributed by atoms with Crippen molar-refractivity contribution in [2.24, 2.45) is 5.92 Å². The van der Waals surface area contributed by atoms with Gasteiger partial charge in [-0.15, -0.1) is 0 Å². The molecule has 7 heteroatoms. The van der Waals surface area contributed by atoms with E-state index in [1.165, 1.54) is 12.5 Å². The fourth-order valence-corrected chi connectivity index (χ4v) is 3.44. The minimum atomic E-state index is -0.133. The average molecular weight is 400 g/mol. The molecule has 0 unspecified atom stereocenters. The molecule has 156 valence electrons. The summed E-state index contributed by atoms with van der Waals surface area (Å²) in [6.45, 7) is 6.79. The first-order chi connectivity index (χ1) is 14.1. The van der Waals surface area contributed by atoms with E-state index in [4.69, 9.17) is 13.9 Å². The minimum absolute atomic E-state index is 0.000855. The average Bonchev–Trinajstić information content (AvgIpc) is 3.28. The van der Waals surface area contributed by atoms with E-state index < -0.39 is 0 Å². The first-order valence-corrected chi connectivity index (χ1v) is 10.1. The van der Waals surface area contributed by atoms with Crippen LogP contribution in [0.3, 0.4) is 0 Å². The summed E-state index contributed by atoms with van der Waals surface area (Å²) in [5, 5.41) is 3.01. The summed E-state index contributed by atoms with van der Waals surface area (Å²) >= 11 is 0. The van der Waals surface area contributed by atoms with E-state index in [1.807, 2.05) is 18.7 Å². The Morgan fingerprint density at radius 3 is 2.45 bits per heavy atom. The van der Waals surface area contributed by atoms with Crippen molar-refractivity contribution in [3.63, 3.8) is 0 Å². The van der Waals surface area contributed by atoms with E-state index >= 15 is 0 Å². The Bertz CT molecular complexity index is 811. The number of likely N-dealkylation sites (tertiary alicyclic amines) is 1. The van der Waals surface area contributed by atoms with Gasteiger partial charge in [0.05, 0.1) is 25.0 Å². The van der Waals surface area contributed by atoms with Gasteiger partial charge < -0.3 is 24.1 Å². The van der Waals surface area contributed by atoms with Gasteiger partial charge in [-0.1, -0.05) is 0 Å². The van der Waals surface area contributed by atoms with Crippen LogP contribution in [0.2, 0.25) is 0 Å². The maximum Gasteiger partial charge on any atom is 0.257 e. The summed E-state index contributed by atoms with van der Waals surface area (Å²) in [5.41, 5.74) is 1.13. The van der Waals surface area contributed by atoms with E-state index in [0.717, 1.165) is 12.8 Å². The lowest BCUT2D eigenvalue weighted by Gasteiger charge is -2.31. The Morgan fingerprint density at radius 2 is 1.79 bits per heavy atom. The Balaban J connectivity index is 1.50. The van der Waals surface area contributed by atoms with Crippen LogP contribution in [0.5, 0.6) is 11.5 Å². The predicted molar refractivity (Wildman–Crippen MR) is 108 cm³/mol. The summed E-state index contributed by atoms with van der Waals surface area (Å²) in [6.07, 6.45) is 4.70. The van der Waals surface area contributed by atoms with E-state index in [0.29, 0.717) is 61.4 Å². The quantitative estimate of drug-likeness (QED) is 0.735. The molecule has 0 bridgehead atoms. The topological polar surface area (TPSA) is 81.0 Å². The van der Waals surface area contributed by atoms with Gasteiger partial charge in [-0.05, 0) is 56.9 Å². The number of carbonyl (C=O) groups is 2. The summed E-state index contributed by atoms with van der Waals surface area (Å²) in [5.74, 6) is 1.43. The Hall–Kier alpha value is -2.96. The molecule has 1 aliphatic heterocycles. The fourth-order valence-electron chi connectivity index (χ4n) is 3.44. The number of rotatable bonds is 8. The van der Waals surface area contributed by atoms with Gasteiger partial charge >= 0.3 is 0 Å². The Labute approximate surface area is 171 Å². The van der Waals surface area contributed by atoms with Gasteiger partial charge in [0, 0.05) is 25.2 Å². The molecule has 3 rings (SSSR count).